The molecule has 2 N–H and O–H groups in total. The molecule has 0 saturated carbocycles. The molecule has 0 aliphatic rings. The standard InChI is InChI=1S/C16H12ClN3O3/c17-12-7-10(4-5-11(12)9-18)8-14(16(22)23)20-15(21)13-3-1-2-6-19-13/h1-7,14H,8H2,(H,20,21)(H,22,23)/t14-/m0/s1. The van der Waals surface area contributed by atoms with Crippen LogP contribution in [0.15, 0.2) is 42.6 Å². The minimum absolute atomic E-state index is 0.0410. The van der Waals surface area contributed by atoms with Gasteiger partial charge in [-0.3, -0.25) is 9.78 Å². The maximum atomic E-state index is 12.0. The summed E-state index contributed by atoms with van der Waals surface area (Å²) in [5.74, 6) is -1.74. The first-order valence-electron chi connectivity index (χ1n) is 6.64. The van der Waals surface area contributed by atoms with E-state index in [1.165, 1.54) is 24.4 Å². The van der Waals surface area contributed by atoms with Crippen LogP contribution in [0.1, 0.15) is 21.6 Å². The van der Waals surface area contributed by atoms with Gasteiger partial charge >= 0.3 is 5.97 Å². The molecule has 1 aromatic carbocycles. The van der Waals surface area contributed by atoms with E-state index in [9.17, 15) is 14.7 Å². The van der Waals surface area contributed by atoms with Gasteiger partial charge in [-0.2, -0.15) is 5.26 Å². The summed E-state index contributed by atoms with van der Waals surface area (Å²) in [6, 6.07) is 10.2. The van der Waals surface area contributed by atoms with E-state index < -0.39 is 17.9 Å². The number of hydrogen-bond donors (Lipinski definition) is 2. The van der Waals surface area contributed by atoms with Crippen LogP contribution >= 0.6 is 11.6 Å². The Balaban J connectivity index is 2.13. The van der Waals surface area contributed by atoms with Crippen LogP contribution in [0.2, 0.25) is 5.02 Å². The molecule has 6 nitrogen and oxygen atoms in total. The molecule has 0 unspecified atom stereocenters. The maximum absolute atomic E-state index is 12.0. The summed E-state index contributed by atoms with van der Waals surface area (Å²) in [7, 11) is 0. The molecular weight excluding hydrogens is 318 g/mol. The summed E-state index contributed by atoms with van der Waals surface area (Å²) in [4.78, 5) is 27.2. The second-order valence-corrected chi connectivity index (χ2v) is 5.12. The van der Waals surface area contributed by atoms with E-state index in [4.69, 9.17) is 16.9 Å². The lowest BCUT2D eigenvalue weighted by molar-refractivity contribution is -0.139. The van der Waals surface area contributed by atoms with Gasteiger partial charge in [0.15, 0.2) is 0 Å². The number of nitrogens with one attached hydrogen (secondary N) is 1. The molecule has 1 aromatic heterocycles. The van der Waals surface area contributed by atoms with E-state index in [1.54, 1.807) is 18.2 Å². The monoisotopic (exact) mass is 329 g/mol. The summed E-state index contributed by atoms with van der Waals surface area (Å²) in [6.07, 6.45) is 1.49. The Morgan fingerprint density at radius 2 is 2.13 bits per heavy atom. The molecule has 0 saturated heterocycles. The van der Waals surface area contributed by atoms with Gasteiger partial charge in [-0.1, -0.05) is 23.7 Å². The van der Waals surface area contributed by atoms with Crippen molar-refractivity contribution in [2.75, 3.05) is 0 Å². The first-order valence-corrected chi connectivity index (χ1v) is 7.02. The van der Waals surface area contributed by atoms with Crippen molar-refractivity contribution in [3.8, 4) is 6.07 Å². The van der Waals surface area contributed by atoms with Crippen molar-refractivity contribution in [3.63, 3.8) is 0 Å². The third-order valence-electron chi connectivity index (χ3n) is 3.09. The Kier molecular flexibility index (Phi) is 5.28. The van der Waals surface area contributed by atoms with Crippen LogP contribution in [-0.4, -0.2) is 28.0 Å². The number of carboxylic acid groups (broad SMARTS) is 1. The van der Waals surface area contributed by atoms with Gasteiger partial charge in [0, 0.05) is 12.6 Å². The normalized spacial score (nSPS) is 11.3. The lowest BCUT2D eigenvalue weighted by atomic mass is 10.0. The Hall–Kier alpha value is -2.91. The summed E-state index contributed by atoms with van der Waals surface area (Å²) in [5.41, 5.74) is 1.04. The first-order chi connectivity index (χ1) is 11.0. The second kappa shape index (κ2) is 7.38. The number of halogens is 1. The van der Waals surface area contributed by atoms with Crippen molar-refractivity contribution in [3.05, 3.63) is 64.4 Å². The predicted molar refractivity (Wildman–Crippen MR) is 83.0 cm³/mol. The van der Waals surface area contributed by atoms with Gasteiger partial charge in [-0.15, -0.1) is 0 Å². The van der Waals surface area contributed by atoms with Gasteiger partial charge in [-0.25, -0.2) is 4.79 Å². The van der Waals surface area contributed by atoms with E-state index in [0.717, 1.165) is 0 Å². The molecule has 0 aliphatic carbocycles. The maximum Gasteiger partial charge on any atom is 0.326 e. The van der Waals surface area contributed by atoms with Crippen molar-refractivity contribution in [1.29, 1.82) is 5.26 Å². The number of aromatic nitrogens is 1. The number of carboxylic acids is 1. The molecule has 116 valence electrons. The second-order valence-electron chi connectivity index (χ2n) is 4.71. The van der Waals surface area contributed by atoms with E-state index in [-0.39, 0.29) is 17.1 Å². The molecule has 23 heavy (non-hydrogen) atoms. The number of amides is 1. The summed E-state index contributed by atoms with van der Waals surface area (Å²) >= 11 is 5.93. The van der Waals surface area contributed by atoms with Gasteiger partial charge < -0.3 is 10.4 Å². The number of nitrogens with zero attached hydrogens (tertiary/aromatic N) is 2. The van der Waals surface area contributed by atoms with Gasteiger partial charge in [0.1, 0.15) is 17.8 Å². The largest absolute Gasteiger partial charge is 0.480 e. The van der Waals surface area contributed by atoms with Gasteiger partial charge in [0.05, 0.1) is 10.6 Å². The summed E-state index contributed by atoms with van der Waals surface area (Å²) in [5, 5.41) is 20.8. The van der Waals surface area contributed by atoms with Crippen molar-refractivity contribution in [1.82, 2.24) is 10.3 Å². The van der Waals surface area contributed by atoms with Gasteiger partial charge in [0.25, 0.3) is 5.91 Å². The number of rotatable bonds is 5. The fraction of sp³-hybridized carbons (Fsp3) is 0.125. The molecule has 0 aliphatic heterocycles. The zero-order valence-electron chi connectivity index (χ0n) is 11.9. The average molecular weight is 330 g/mol. The fourth-order valence-electron chi connectivity index (χ4n) is 1.94. The molecule has 0 spiro atoms. The van der Waals surface area contributed by atoms with Crippen LogP contribution in [0.3, 0.4) is 0 Å². The van der Waals surface area contributed by atoms with Gasteiger partial charge in [0.2, 0.25) is 0 Å². The topological polar surface area (TPSA) is 103 Å². The zero-order valence-corrected chi connectivity index (χ0v) is 12.6. The Bertz CT molecular complexity index is 772. The summed E-state index contributed by atoms with van der Waals surface area (Å²) in [6.45, 7) is 0. The third kappa shape index (κ3) is 4.28. The Morgan fingerprint density at radius 1 is 1.35 bits per heavy atom. The number of carbonyl (C=O) groups excluding carboxylic acids is 1. The average Bonchev–Trinajstić information content (AvgIpc) is 2.55. The zero-order chi connectivity index (χ0) is 16.8. The molecule has 1 heterocycles. The van der Waals surface area contributed by atoms with E-state index in [0.29, 0.717) is 11.1 Å². The molecule has 0 radical (unpaired) electrons. The minimum Gasteiger partial charge on any atom is -0.480 e. The predicted octanol–water partition coefficient (Wildman–Crippen LogP) is 2.03. The number of carbonyl (C=O) groups is 2. The number of hydrogen-bond acceptors (Lipinski definition) is 4. The van der Waals surface area contributed by atoms with Crippen molar-refractivity contribution in [2.24, 2.45) is 0 Å². The highest BCUT2D eigenvalue weighted by molar-refractivity contribution is 6.31. The molecular formula is C16H12ClN3O3. The van der Waals surface area contributed by atoms with E-state index >= 15 is 0 Å². The third-order valence-corrected chi connectivity index (χ3v) is 3.41. The SMILES string of the molecule is N#Cc1ccc(C[C@H](NC(=O)c2ccccn2)C(=O)O)cc1Cl. The minimum atomic E-state index is -1.17. The number of benzene rings is 1. The fourth-order valence-corrected chi connectivity index (χ4v) is 2.19. The van der Waals surface area contributed by atoms with Crippen LogP contribution in [0, 0.1) is 11.3 Å². The summed E-state index contributed by atoms with van der Waals surface area (Å²) < 4.78 is 0. The van der Waals surface area contributed by atoms with Crippen LogP contribution in [-0.2, 0) is 11.2 Å². The highest BCUT2D eigenvalue weighted by Gasteiger charge is 2.22. The number of nitriles is 1. The number of aliphatic carboxylic acids is 1. The molecule has 2 rings (SSSR count). The molecule has 1 atom stereocenters. The quantitative estimate of drug-likeness (QED) is 0.873. The highest BCUT2D eigenvalue weighted by atomic mass is 35.5. The Labute approximate surface area is 137 Å². The van der Waals surface area contributed by atoms with Crippen LogP contribution in [0.5, 0.6) is 0 Å². The molecule has 7 heteroatoms. The van der Waals surface area contributed by atoms with Gasteiger partial charge in [-0.05, 0) is 29.8 Å². The van der Waals surface area contributed by atoms with Crippen LogP contribution in [0.25, 0.3) is 0 Å². The van der Waals surface area contributed by atoms with Crippen molar-refractivity contribution in [2.45, 2.75) is 12.5 Å². The van der Waals surface area contributed by atoms with E-state index in [2.05, 4.69) is 10.3 Å². The lowest BCUT2D eigenvalue weighted by Gasteiger charge is -2.14. The highest BCUT2D eigenvalue weighted by Crippen LogP contribution is 2.18. The molecule has 0 bridgehead atoms. The van der Waals surface area contributed by atoms with E-state index in [1.807, 2.05) is 6.07 Å². The molecule has 1 amide bonds. The first kappa shape index (κ1) is 16.5. The van der Waals surface area contributed by atoms with Crippen molar-refractivity contribution >= 4 is 23.5 Å². The van der Waals surface area contributed by atoms with Crippen molar-refractivity contribution < 1.29 is 14.7 Å². The van der Waals surface area contributed by atoms with Crippen LogP contribution < -0.4 is 5.32 Å². The molecule has 2 aromatic rings. The molecule has 0 fully saturated rings. The Morgan fingerprint density at radius 3 is 2.70 bits per heavy atom. The lowest BCUT2D eigenvalue weighted by Crippen LogP contribution is -2.42. The van der Waals surface area contributed by atoms with Crippen LogP contribution in [0.4, 0.5) is 0 Å². The number of pyridine rings is 1. The smallest absolute Gasteiger partial charge is 0.326 e.